The quantitative estimate of drug-likeness (QED) is 0.888. The Bertz CT molecular complexity index is 810. The van der Waals surface area contributed by atoms with Gasteiger partial charge in [0, 0.05) is 25.0 Å². The fourth-order valence-electron chi connectivity index (χ4n) is 2.16. The van der Waals surface area contributed by atoms with Gasteiger partial charge in [-0.05, 0) is 18.2 Å². The van der Waals surface area contributed by atoms with Gasteiger partial charge in [0.25, 0.3) is 5.91 Å². The van der Waals surface area contributed by atoms with Crippen LogP contribution in [0.1, 0.15) is 10.4 Å². The summed E-state index contributed by atoms with van der Waals surface area (Å²) in [5.74, 6) is -2.25. The van der Waals surface area contributed by atoms with Gasteiger partial charge in [-0.15, -0.1) is 0 Å². The first-order valence-electron chi connectivity index (χ1n) is 6.72. The molecule has 6 nitrogen and oxygen atoms in total. The van der Waals surface area contributed by atoms with E-state index in [1.54, 1.807) is 7.05 Å². The molecule has 0 atom stereocenters. The molecule has 118 valence electrons. The van der Waals surface area contributed by atoms with Crippen LogP contribution in [-0.4, -0.2) is 30.4 Å². The van der Waals surface area contributed by atoms with Crippen LogP contribution in [0, 0.1) is 11.6 Å². The molecule has 0 radical (unpaired) electrons. The van der Waals surface area contributed by atoms with E-state index >= 15 is 0 Å². The zero-order valence-electron chi connectivity index (χ0n) is 12.1. The number of amides is 2. The van der Waals surface area contributed by atoms with Crippen LogP contribution in [0.2, 0.25) is 0 Å². The molecule has 0 aliphatic carbocycles. The summed E-state index contributed by atoms with van der Waals surface area (Å²) in [4.78, 5) is 29.3. The third kappa shape index (κ3) is 2.83. The van der Waals surface area contributed by atoms with Gasteiger partial charge >= 0.3 is 0 Å². The molecular formula is C15H12F2N4O2. The summed E-state index contributed by atoms with van der Waals surface area (Å²) in [5, 5.41) is 5.30. The van der Waals surface area contributed by atoms with Crippen LogP contribution in [0.15, 0.2) is 30.5 Å². The molecule has 8 heteroatoms. The maximum Gasteiger partial charge on any atom is 0.257 e. The standard InChI is InChI=1S/C15H12F2N4O2/c1-21-12-4-8(6-18-14(12)19-7-13(21)22)15(23)20-9-2-3-10(16)11(17)5-9/h2-6H,7H2,1H3,(H,18,19)(H,20,23). The minimum absolute atomic E-state index is 0.120. The Hall–Kier alpha value is -3.03. The molecule has 1 aromatic carbocycles. The summed E-state index contributed by atoms with van der Waals surface area (Å²) >= 11 is 0. The fourth-order valence-corrected chi connectivity index (χ4v) is 2.16. The molecule has 0 unspecified atom stereocenters. The highest BCUT2D eigenvalue weighted by Crippen LogP contribution is 2.27. The number of nitrogens with zero attached hydrogens (tertiary/aromatic N) is 2. The van der Waals surface area contributed by atoms with Gasteiger partial charge in [-0.25, -0.2) is 13.8 Å². The molecule has 0 saturated carbocycles. The second-order valence-electron chi connectivity index (χ2n) is 4.98. The molecular weight excluding hydrogens is 306 g/mol. The van der Waals surface area contributed by atoms with Crippen molar-refractivity contribution >= 4 is 29.0 Å². The van der Waals surface area contributed by atoms with E-state index in [0.717, 1.165) is 12.1 Å². The number of aromatic nitrogens is 1. The lowest BCUT2D eigenvalue weighted by Gasteiger charge is -2.26. The van der Waals surface area contributed by atoms with Crippen LogP contribution < -0.4 is 15.5 Å². The number of fused-ring (bicyclic) bond motifs is 1. The fraction of sp³-hybridized carbons (Fsp3) is 0.133. The van der Waals surface area contributed by atoms with E-state index in [9.17, 15) is 18.4 Å². The first kappa shape index (κ1) is 14.9. The van der Waals surface area contributed by atoms with Crippen LogP contribution in [0.3, 0.4) is 0 Å². The molecule has 2 aromatic rings. The number of benzene rings is 1. The van der Waals surface area contributed by atoms with Crippen LogP contribution in [0.5, 0.6) is 0 Å². The summed E-state index contributed by atoms with van der Waals surface area (Å²) in [6.07, 6.45) is 1.34. The van der Waals surface area contributed by atoms with E-state index in [1.807, 2.05) is 0 Å². The molecule has 1 aromatic heterocycles. The van der Waals surface area contributed by atoms with Crippen LogP contribution >= 0.6 is 0 Å². The van der Waals surface area contributed by atoms with E-state index in [4.69, 9.17) is 0 Å². The van der Waals surface area contributed by atoms with Crippen molar-refractivity contribution in [1.29, 1.82) is 0 Å². The monoisotopic (exact) mass is 318 g/mol. The van der Waals surface area contributed by atoms with Gasteiger partial charge in [0.15, 0.2) is 11.6 Å². The maximum atomic E-state index is 13.2. The molecule has 0 spiro atoms. The average Bonchev–Trinajstić information content (AvgIpc) is 2.54. The third-order valence-electron chi connectivity index (χ3n) is 3.45. The molecule has 2 N–H and O–H groups in total. The van der Waals surface area contributed by atoms with Gasteiger partial charge in [-0.1, -0.05) is 0 Å². The molecule has 2 amide bonds. The van der Waals surface area contributed by atoms with Crippen molar-refractivity contribution in [2.24, 2.45) is 0 Å². The van der Waals surface area contributed by atoms with Crippen LogP contribution in [0.4, 0.5) is 26.0 Å². The first-order chi connectivity index (χ1) is 11.0. The van der Waals surface area contributed by atoms with Gasteiger partial charge in [0.1, 0.15) is 5.82 Å². The number of nitrogens with one attached hydrogen (secondary N) is 2. The van der Waals surface area contributed by atoms with Gasteiger partial charge < -0.3 is 15.5 Å². The maximum absolute atomic E-state index is 13.2. The zero-order chi connectivity index (χ0) is 16.6. The highest BCUT2D eigenvalue weighted by atomic mass is 19.2. The Kier molecular flexibility index (Phi) is 3.65. The summed E-state index contributed by atoms with van der Waals surface area (Å²) in [5.41, 5.74) is 0.783. The van der Waals surface area contributed by atoms with Crippen molar-refractivity contribution in [1.82, 2.24) is 4.98 Å². The Morgan fingerprint density at radius 3 is 2.83 bits per heavy atom. The third-order valence-corrected chi connectivity index (χ3v) is 3.45. The topological polar surface area (TPSA) is 74.3 Å². The van der Waals surface area contributed by atoms with Gasteiger partial charge in [-0.3, -0.25) is 9.59 Å². The molecule has 0 bridgehead atoms. The van der Waals surface area contributed by atoms with Crippen molar-refractivity contribution in [3.8, 4) is 0 Å². The molecule has 1 aliphatic rings. The summed E-state index contributed by atoms with van der Waals surface area (Å²) < 4.78 is 26.0. The SMILES string of the molecule is CN1C(=O)CNc2ncc(C(=O)Nc3ccc(F)c(F)c3)cc21. The Balaban J connectivity index is 1.85. The van der Waals surface area contributed by atoms with E-state index in [0.29, 0.717) is 11.5 Å². The number of pyridine rings is 1. The number of hydrogen-bond donors (Lipinski definition) is 2. The van der Waals surface area contributed by atoms with Gasteiger partial charge in [0.05, 0.1) is 17.8 Å². The molecule has 1 aliphatic heterocycles. The second-order valence-corrected chi connectivity index (χ2v) is 4.98. The average molecular weight is 318 g/mol. The van der Waals surface area contributed by atoms with Crippen molar-refractivity contribution < 1.29 is 18.4 Å². The number of anilines is 3. The van der Waals surface area contributed by atoms with Crippen LogP contribution in [0.25, 0.3) is 0 Å². The Morgan fingerprint density at radius 2 is 2.09 bits per heavy atom. The molecule has 23 heavy (non-hydrogen) atoms. The summed E-state index contributed by atoms with van der Waals surface area (Å²) in [6, 6.07) is 4.56. The van der Waals surface area contributed by atoms with Gasteiger partial charge in [0.2, 0.25) is 5.91 Å². The van der Waals surface area contributed by atoms with E-state index in [1.165, 1.54) is 23.2 Å². The number of carbonyl (C=O) groups excluding carboxylic acids is 2. The highest BCUT2D eigenvalue weighted by molar-refractivity contribution is 6.07. The van der Waals surface area contributed by atoms with Crippen molar-refractivity contribution in [2.75, 3.05) is 29.1 Å². The number of rotatable bonds is 2. The van der Waals surface area contributed by atoms with Crippen molar-refractivity contribution in [3.63, 3.8) is 0 Å². The minimum Gasteiger partial charge on any atom is -0.359 e. The van der Waals surface area contributed by atoms with E-state index in [-0.39, 0.29) is 23.7 Å². The summed E-state index contributed by atoms with van der Waals surface area (Å²) in [6.45, 7) is 0.136. The molecule has 3 rings (SSSR count). The number of hydrogen-bond acceptors (Lipinski definition) is 4. The second kappa shape index (κ2) is 5.64. The molecule has 0 saturated heterocycles. The predicted molar refractivity (Wildman–Crippen MR) is 80.4 cm³/mol. The lowest BCUT2D eigenvalue weighted by Crippen LogP contribution is -2.37. The number of carbonyl (C=O) groups is 2. The first-order valence-corrected chi connectivity index (χ1v) is 6.72. The smallest absolute Gasteiger partial charge is 0.257 e. The number of likely N-dealkylation sites (N-methyl/N-ethyl adjacent to an activating group) is 1. The Morgan fingerprint density at radius 1 is 1.30 bits per heavy atom. The van der Waals surface area contributed by atoms with E-state index < -0.39 is 17.5 Å². The van der Waals surface area contributed by atoms with E-state index in [2.05, 4.69) is 15.6 Å². The largest absolute Gasteiger partial charge is 0.359 e. The zero-order valence-corrected chi connectivity index (χ0v) is 12.1. The Labute approximate surface area is 130 Å². The van der Waals surface area contributed by atoms with Crippen molar-refractivity contribution in [3.05, 3.63) is 47.7 Å². The molecule has 0 fully saturated rings. The molecule has 2 heterocycles. The lowest BCUT2D eigenvalue weighted by atomic mass is 10.2. The number of halogens is 2. The highest BCUT2D eigenvalue weighted by Gasteiger charge is 2.23. The van der Waals surface area contributed by atoms with Crippen LogP contribution in [-0.2, 0) is 4.79 Å². The summed E-state index contributed by atoms with van der Waals surface area (Å²) in [7, 11) is 1.58. The minimum atomic E-state index is -1.05. The van der Waals surface area contributed by atoms with Crippen molar-refractivity contribution in [2.45, 2.75) is 0 Å². The predicted octanol–water partition coefficient (Wildman–Crippen LogP) is 2.00. The lowest BCUT2D eigenvalue weighted by molar-refractivity contribution is -0.116. The normalized spacial score (nSPS) is 13.3. The van der Waals surface area contributed by atoms with Gasteiger partial charge in [-0.2, -0.15) is 0 Å².